The summed E-state index contributed by atoms with van der Waals surface area (Å²) in [4.78, 5) is 24.6. The molecule has 1 aliphatic carbocycles. The van der Waals surface area contributed by atoms with Gasteiger partial charge in [-0.1, -0.05) is 12.1 Å². The summed E-state index contributed by atoms with van der Waals surface area (Å²) >= 11 is 0. The third-order valence-electron chi connectivity index (χ3n) is 4.77. The summed E-state index contributed by atoms with van der Waals surface area (Å²) in [6.07, 6.45) is 4.04. The van der Waals surface area contributed by atoms with Crippen LogP contribution in [0.1, 0.15) is 32.1 Å². The third-order valence-corrected chi connectivity index (χ3v) is 4.77. The number of aliphatic hydroxyl groups is 1. The van der Waals surface area contributed by atoms with Crippen LogP contribution in [0.15, 0.2) is 24.3 Å². The molecule has 1 aromatic carbocycles. The van der Waals surface area contributed by atoms with Crippen molar-refractivity contribution in [2.45, 2.75) is 38.1 Å². The molecule has 0 unspecified atom stereocenters. The Morgan fingerprint density at radius 1 is 1.33 bits per heavy atom. The van der Waals surface area contributed by atoms with E-state index in [1.807, 2.05) is 7.05 Å². The average molecular weight is 335 g/mol. The molecule has 0 saturated heterocycles. The number of nitro groups is 1. The Bertz CT molecular complexity index is 571. The molecular weight excluding hydrogens is 310 g/mol. The normalized spacial score (nSPS) is 20.4. The minimum Gasteiger partial charge on any atom is -0.396 e. The Morgan fingerprint density at radius 3 is 2.62 bits per heavy atom. The van der Waals surface area contributed by atoms with Crippen LogP contribution in [0.4, 0.5) is 11.4 Å². The Hall–Kier alpha value is -2.15. The summed E-state index contributed by atoms with van der Waals surface area (Å²) in [6, 6.07) is 6.65. The second-order valence-electron chi connectivity index (χ2n) is 6.31. The molecule has 24 heavy (non-hydrogen) atoms. The highest BCUT2D eigenvalue weighted by atomic mass is 16.6. The second kappa shape index (κ2) is 8.63. The van der Waals surface area contributed by atoms with Crippen LogP contribution in [0.3, 0.4) is 0 Å². The third kappa shape index (κ3) is 4.67. The van der Waals surface area contributed by atoms with Gasteiger partial charge in [-0.25, -0.2) is 0 Å². The topological polar surface area (TPSA) is 95.7 Å². The number of carbonyl (C=O) groups is 1. The van der Waals surface area contributed by atoms with E-state index in [0.29, 0.717) is 24.6 Å². The molecule has 0 spiro atoms. The first-order valence-corrected chi connectivity index (χ1v) is 8.36. The first kappa shape index (κ1) is 18.2. The van der Waals surface area contributed by atoms with Gasteiger partial charge in [-0.3, -0.25) is 14.9 Å². The van der Waals surface area contributed by atoms with Crippen LogP contribution >= 0.6 is 0 Å². The van der Waals surface area contributed by atoms with E-state index in [2.05, 4.69) is 5.32 Å². The van der Waals surface area contributed by atoms with E-state index in [9.17, 15) is 20.0 Å². The number of benzene rings is 1. The molecule has 7 heteroatoms. The molecule has 1 amide bonds. The minimum atomic E-state index is -0.435. The molecule has 132 valence electrons. The number of nitrogens with one attached hydrogen (secondary N) is 1. The van der Waals surface area contributed by atoms with Crippen LogP contribution in [-0.4, -0.2) is 47.1 Å². The van der Waals surface area contributed by atoms with Gasteiger partial charge in [-0.2, -0.15) is 0 Å². The predicted molar refractivity (Wildman–Crippen MR) is 91.8 cm³/mol. The van der Waals surface area contributed by atoms with E-state index in [1.165, 1.54) is 6.07 Å². The first-order valence-electron chi connectivity index (χ1n) is 8.36. The van der Waals surface area contributed by atoms with Crippen molar-refractivity contribution in [3.05, 3.63) is 34.4 Å². The van der Waals surface area contributed by atoms with Gasteiger partial charge in [-0.05, 0) is 37.7 Å². The summed E-state index contributed by atoms with van der Waals surface area (Å²) in [5.41, 5.74) is 0.446. The van der Waals surface area contributed by atoms with Crippen LogP contribution in [0.25, 0.3) is 0 Å². The molecule has 2 rings (SSSR count). The number of carbonyl (C=O) groups excluding carboxylic acids is 1. The lowest BCUT2D eigenvalue weighted by molar-refractivity contribution is -0.384. The van der Waals surface area contributed by atoms with Crippen molar-refractivity contribution < 1.29 is 14.8 Å². The molecule has 0 atom stereocenters. The Kier molecular flexibility index (Phi) is 6.54. The Labute approximate surface area is 141 Å². The number of anilines is 1. The minimum absolute atomic E-state index is 0.0145. The fraction of sp³-hybridized carbons (Fsp3) is 0.588. The van der Waals surface area contributed by atoms with E-state index in [-0.39, 0.29) is 24.2 Å². The van der Waals surface area contributed by atoms with Gasteiger partial charge in [0.05, 0.1) is 4.92 Å². The quantitative estimate of drug-likeness (QED) is 0.589. The van der Waals surface area contributed by atoms with E-state index in [4.69, 9.17) is 0 Å². The van der Waals surface area contributed by atoms with E-state index >= 15 is 0 Å². The molecule has 0 aromatic heterocycles. The van der Waals surface area contributed by atoms with Crippen molar-refractivity contribution in [3.63, 3.8) is 0 Å². The standard InChI is InChI=1S/C17H25N3O4/c1-19(14-8-6-13(12-21)7-9-14)17(22)10-11-18-15-4-2-3-5-16(15)20(23)24/h2-5,13-14,18,21H,6-12H2,1H3. The second-order valence-corrected chi connectivity index (χ2v) is 6.31. The molecule has 1 fully saturated rings. The maximum absolute atomic E-state index is 12.3. The highest BCUT2D eigenvalue weighted by Crippen LogP contribution is 2.27. The van der Waals surface area contributed by atoms with Crippen molar-refractivity contribution in [1.82, 2.24) is 4.90 Å². The van der Waals surface area contributed by atoms with Crippen LogP contribution in [0.2, 0.25) is 0 Å². The van der Waals surface area contributed by atoms with Gasteiger partial charge in [0, 0.05) is 38.7 Å². The fourth-order valence-electron chi connectivity index (χ4n) is 3.18. The van der Waals surface area contributed by atoms with Gasteiger partial charge in [0.1, 0.15) is 5.69 Å². The van der Waals surface area contributed by atoms with E-state index < -0.39 is 4.92 Å². The lowest BCUT2D eigenvalue weighted by Gasteiger charge is -2.34. The molecular formula is C17H25N3O4. The van der Waals surface area contributed by atoms with Crippen molar-refractivity contribution in [3.8, 4) is 0 Å². The van der Waals surface area contributed by atoms with Gasteiger partial charge in [0.15, 0.2) is 0 Å². The van der Waals surface area contributed by atoms with Crippen molar-refractivity contribution >= 4 is 17.3 Å². The highest BCUT2D eigenvalue weighted by Gasteiger charge is 2.26. The Balaban J connectivity index is 1.80. The number of aliphatic hydroxyl groups excluding tert-OH is 1. The monoisotopic (exact) mass is 335 g/mol. The van der Waals surface area contributed by atoms with Gasteiger partial charge < -0.3 is 15.3 Å². The summed E-state index contributed by atoms with van der Waals surface area (Å²) in [5.74, 6) is 0.401. The van der Waals surface area contributed by atoms with Crippen molar-refractivity contribution in [2.75, 3.05) is 25.5 Å². The molecule has 0 bridgehead atoms. The van der Waals surface area contributed by atoms with Gasteiger partial charge >= 0.3 is 0 Å². The largest absolute Gasteiger partial charge is 0.396 e. The lowest BCUT2D eigenvalue weighted by Crippen LogP contribution is -2.40. The van der Waals surface area contributed by atoms with Crippen molar-refractivity contribution in [1.29, 1.82) is 0 Å². The molecule has 1 aromatic rings. The number of hydrogen-bond acceptors (Lipinski definition) is 5. The van der Waals surface area contributed by atoms with Gasteiger partial charge in [0.2, 0.25) is 5.91 Å². The Morgan fingerprint density at radius 2 is 2.00 bits per heavy atom. The number of amides is 1. The van der Waals surface area contributed by atoms with Crippen LogP contribution in [0, 0.1) is 16.0 Å². The van der Waals surface area contributed by atoms with Crippen LogP contribution in [-0.2, 0) is 4.79 Å². The predicted octanol–water partition coefficient (Wildman–Crippen LogP) is 2.41. The summed E-state index contributed by atoms with van der Waals surface area (Å²) in [6.45, 7) is 0.587. The summed E-state index contributed by atoms with van der Waals surface area (Å²) in [7, 11) is 1.82. The van der Waals surface area contributed by atoms with Crippen LogP contribution < -0.4 is 5.32 Å². The smallest absolute Gasteiger partial charge is 0.292 e. The SMILES string of the molecule is CN(C(=O)CCNc1ccccc1[N+](=O)[O-])C1CCC(CO)CC1. The first-order chi connectivity index (χ1) is 11.5. The van der Waals surface area contributed by atoms with Gasteiger partial charge in [0.25, 0.3) is 5.69 Å². The van der Waals surface area contributed by atoms with E-state index in [0.717, 1.165) is 25.7 Å². The van der Waals surface area contributed by atoms with Crippen LogP contribution in [0.5, 0.6) is 0 Å². The number of rotatable bonds is 7. The number of nitrogens with zero attached hydrogens (tertiary/aromatic N) is 2. The number of para-hydroxylation sites is 2. The number of nitro benzene ring substituents is 1. The molecule has 2 N–H and O–H groups in total. The fourth-order valence-corrected chi connectivity index (χ4v) is 3.18. The molecule has 1 saturated carbocycles. The maximum atomic E-state index is 12.3. The zero-order valence-electron chi connectivity index (χ0n) is 14.0. The zero-order valence-corrected chi connectivity index (χ0v) is 14.0. The van der Waals surface area contributed by atoms with E-state index in [1.54, 1.807) is 23.1 Å². The molecule has 0 heterocycles. The zero-order chi connectivity index (χ0) is 17.5. The summed E-state index contributed by atoms with van der Waals surface area (Å²) < 4.78 is 0. The maximum Gasteiger partial charge on any atom is 0.292 e. The molecule has 0 radical (unpaired) electrons. The number of hydrogen-bond donors (Lipinski definition) is 2. The van der Waals surface area contributed by atoms with Crippen molar-refractivity contribution in [2.24, 2.45) is 5.92 Å². The highest BCUT2D eigenvalue weighted by molar-refractivity contribution is 5.77. The lowest BCUT2D eigenvalue weighted by atomic mass is 9.86. The molecule has 0 aliphatic heterocycles. The average Bonchev–Trinajstić information content (AvgIpc) is 2.61. The molecule has 1 aliphatic rings. The van der Waals surface area contributed by atoms with Gasteiger partial charge in [-0.15, -0.1) is 0 Å². The molecule has 7 nitrogen and oxygen atoms in total. The summed E-state index contributed by atoms with van der Waals surface area (Å²) in [5, 5.41) is 23.1.